The highest BCUT2D eigenvalue weighted by atomic mass is 35.5. The molecule has 6 heteroatoms. The van der Waals surface area contributed by atoms with Gasteiger partial charge in [0, 0.05) is 10.4 Å². The van der Waals surface area contributed by atoms with E-state index in [-0.39, 0.29) is 22.9 Å². The van der Waals surface area contributed by atoms with Gasteiger partial charge < -0.3 is 4.74 Å². The molecule has 0 radical (unpaired) electrons. The number of carbonyl (C=O) groups is 2. The Kier molecular flexibility index (Phi) is 4.02. The van der Waals surface area contributed by atoms with Crippen LogP contribution >= 0.6 is 23.2 Å². The van der Waals surface area contributed by atoms with Gasteiger partial charge in [0.15, 0.2) is 6.29 Å². The Morgan fingerprint density at radius 2 is 2.11 bits per heavy atom. The molecule has 2 rings (SSSR count). The van der Waals surface area contributed by atoms with Gasteiger partial charge in [0.1, 0.15) is 5.69 Å². The molecular formula is C13H9Cl2NO3. The molecule has 0 aliphatic heterocycles. The van der Waals surface area contributed by atoms with Crippen molar-refractivity contribution in [3.63, 3.8) is 0 Å². The van der Waals surface area contributed by atoms with Crippen molar-refractivity contribution < 1.29 is 14.3 Å². The number of pyridine rings is 1. The van der Waals surface area contributed by atoms with Crippen LogP contribution in [0.2, 0.25) is 10.0 Å². The third-order valence-electron chi connectivity index (χ3n) is 2.47. The molecule has 2 aromatic rings. The molecule has 1 aromatic carbocycles. The van der Waals surface area contributed by atoms with E-state index in [1.54, 1.807) is 13.0 Å². The van der Waals surface area contributed by atoms with Crippen molar-refractivity contribution in [1.82, 2.24) is 4.98 Å². The highest BCUT2D eigenvalue weighted by molar-refractivity contribution is 6.38. The van der Waals surface area contributed by atoms with Crippen molar-refractivity contribution in [3.05, 3.63) is 39.5 Å². The summed E-state index contributed by atoms with van der Waals surface area (Å²) < 4.78 is 4.95. The van der Waals surface area contributed by atoms with Gasteiger partial charge in [-0.15, -0.1) is 0 Å². The fraction of sp³-hybridized carbons (Fsp3) is 0.154. The SMILES string of the molecule is CCOC(=O)c1cc(C=O)nc2c(Cl)cc(Cl)cc12. The Bertz CT molecular complexity index is 670. The van der Waals surface area contributed by atoms with E-state index < -0.39 is 5.97 Å². The summed E-state index contributed by atoms with van der Waals surface area (Å²) in [6.07, 6.45) is 0.549. The lowest BCUT2D eigenvalue weighted by atomic mass is 10.1. The van der Waals surface area contributed by atoms with E-state index in [9.17, 15) is 9.59 Å². The van der Waals surface area contributed by atoms with Gasteiger partial charge in [-0.3, -0.25) is 4.79 Å². The van der Waals surface area contributed by atoms with Crippen LogP contribution in [0, 0.1) is 0 Å². The summed E-state index contributed by atoms with van der Waals surface area (Å²) in [7, 11) is 0. The number of carbonyl (C=O) groups excluding carboxylic acids is 2. The van der Waals surface area contributed by atoms with Crippen LogP contribution in [0.15, 0.2) is 18.2 Å². The predicted octanol–water partition coefficient (Wildman–Crippen LogP) is 3.53. The molecule has 0 saturated carbocycles. The first kappa shape index (κ1) is 13.8. The van der Waals surface area contributed by atoms with E-state index in [0.717, 1.165) is 0 Å². The third-order valence-corrected chi connectivity index (χ3v) is 2.97. The fourth-order valence-corrected chi connectivity index (χ4v) is 2.25. The van der Waals surface area contributed by atoms with Gasteiger partial charge in [-0.1, -0.05) is 23.2 Å². The summed E-state index contributed by atoms with van der Waals surface area (Å²) >= 11 is 11.9. The van der Waals surface area contributed by atoms with Crippen LogP contribution in [-0.4, -0.2) is 23.8 Å². The summed E-state index contributed by atoms with van der Waals surface area (Å²) in [5.41, 5.74) is 0.678. The molecule has 0 amide bonds. The third kappa shape index (κ3) is 2.69. The summed E-state index contributed by atoms with van der Waals surface area (Å²) in [4.78, 5) is 26.8. The average molecular weight is 298 g/mol. The molecule has 0 aliphatic carbocycles. The minimum Gasteiger partial charge on any atom is -0.462 e. The number of rotatable bonds is 3. The second-order valence-corrected chi connectivity index (χ2v) is 4.56. The van der Waals surface area contributed by atoms with Crippen LogP contribution in [0.4, 0.5) is 0 Å². The lowest BCUT2D eigenvalue weighted by Crippen LogP contribution is -2.07. The number of benzene rings is 1. The first-order valence-corrected chi connectivity index (χ1v) is 6.24. The number of halogens is 2. The first-order valence-electron chi connectivity index (χ1n) is 5.49. The molecule has 0 spiro atoms. The molecule has 0 atom stereocenters. The van der Waals surface area contributed by atoms with Crippen molar-refractivity contribution in [2.45, 2.75) is 6.92 Å². The number of aldehydes is 1. The Morgan fingerprint density at radius 3 is 2.74 bits per heavy atom. The van der Waals surface area contributed by atoms with Crippen molar-refractivity contribution in [2.75, 3.05) is 6.61 Å². The summed E-state index contributed by atoms with van der Waals surface area (Å²) in [5, 5.41) is 1.11. The number of hydrogen-bond donors (Lipinski definition) is 0. The Hall–Kier alpha value is -1.65. The topological polar surface area (TPSA) is 56.3 Å². The van der Waals surface area contributed by atoms with E-state index in [1.165, 1.54) is 12.1 Å². The van der Waals surface area contributed by atoms with Crippen molar-refractivity contribution in [1.29, 1.82) is 0 Å². The number of esters is 1. The normalized spacial score (nSPS) is 10.5. The molecule has 0 bridgehead atoms. The second kappa shape index (κ2) is 5.55. The quantitative estimate of drug-likeness (QED) is 0.642. The number of ether oxygens (including phenoxy) is 1. The maximum absolute atomic E-state index is 11.9. The number of nitrogens with zero attached hydrogens (tertiary/aromatic N) is 1. The molecule has 19 heavy (non-hydrogen) atoms. The van der Waals surface area contributed by atoms with Gasteiger partial charge >= 0.3 is 5.97 Å². The molecule has 98 valence electrons. The van der Waals surface area contributed by atoms with E-state index in [0.29, 0.717) is 22.2 Å². The summed E-state index contributed by atoms with van der Waals surface area (Å²) in [6, 6.07) is 4.43. The van der Waals surface area contributed by atoms with Crippen molar-refractivity contribution in [2.24, 2.45) is 0 Å². The van der Waals surface area contributed by atoms with E-state index >= 15 is 0 Å². The monoisotopic (exact) mass is 297 g/mol. The highest BCUT2D eigenvalue weighted by Gasteiger charge is 2.16. The molecule has 0 N–H and O–H groups in total. The Balaban J connectivity index is 2.79. The van der Waals surface area contributed by atoms with Crippen molar-refractivity contribution >= 4 is 46.4 Å². The lowest BCUT2D eigenvalue weighted by molar-refractivity contribution is 0.0528. The molecular weight excluding hydrogens is 289 g/mol. The zero-order valence-electron chi connectivity index (χ0n) is 9.94. The Morgan fingerprint density at radius 1 is 1.37 bits per heavy atom. The molecule has 0 aliphatic rings. The first-order chi connectivity index (χ1) is 9.06. The molecule has 1 aromatic heterocycles. The maximum Gasteiger partial charge on any atom is 0.338 e. The Labute approximate surface area is 119 Å². The highest BCUT2D eigenvalue weighted by Crippen LogP contribution is 2.29. The van der Waals surface area contributed by atoms with Gasteiger partial charge in [0.05, 0.1) is 22.7 Å². The predicted molar refractivity (Wildman–Crippen MR) is 73.1 cm³/mol. The fourth-order valence-electron chi connectivity index (χ4n) is 1.71. The van der Waals surface area contributed by atoms with Gasteiger partial charge in [-0.25, -0.2) is 9.78 Å². The van der Waals surface area contributed by atoms with E-state index in [4.69, 9.17) is 27.9 Å². The second-order valence-electron chi connectivity index (χ2n) is 3.72. The van der Waals surface area contributed by atoms with Gasteiger partial charge in [-0.05, 0) is 25.1 Å². The van der Waals surface area contributed by atoms with E-state index in [1.807, 2.05) is 0 Å². The molecule has 0 saturated heterocycles. The van der Waals surface area contributed by atoms with Crippen molar-refractivity contribution in [3.8, 4) is 0 Å². The molecule has 0 unspecified atom stereocenters. The lowest BCUT2D eigenvalue weighted by Gasteiger charge is -2.08. The summed E-state index contributed by atoms with van der Waals surface area (Å²) in [5.74, 6) is -0.545. The minimum atomic E-state index is -0.545. The largest absolute Gasteiger partial charge is 0.462 e. The van der Waals surface area contributed by atoms with Crippen LogP contribution in [-0.2, 0) is 4.74 Å². The van der Waals surface area contributed by atoms with Crippen LogP contribution in [0.25, 0.3) is 10.9 Å². The van der Waals surface area contributed by atoms with Crippen LogP contribution < -0.4 is 0 Å². The molecule has 1 heterocycles. The summed E-state index contributed by atoms with van der Waals surface area (Å²) in [6.45, 7) is 1.93. The number of aromatic nitrogens is 1. The number of hydrogen-bond acceptors (Lipinski definition) is 4. The van der Waals surface area contributed by atoms with Gasteiger partial charge in [0.25, 0.3) is 0 Å². The maximum atomic E-state index is 11.9. The smallest absolute Gasteiger partial charge is 0.338 e. The zero-order chi connectivity index (χ0) is 14.0. The van der Waals surface area contributed by atoms with E-state index in [2.05, 4.69) is 4.98 Å². The molecule has 4 nitrogen and oxygen atoms in total. The minimum absolute atomic E-state index is 0.111. The zero-order valence-corrected chi connectivity index (χ0v) is 11.5. The molecule has 0 fully saturated rings. The van der Waals surface area contributed by atoms with Crippen LogP contribution in [0.5, 0.6) is 0 Å². The van der Waals surface area contributed by atoms with Gasteiger partial charge in [-0.2, -0.15) is 0 Å². The van der Waals surface area contributed by atoms with Gasteiger partial charge in [0.2, 0.25) is 0 Å². The van der Waals surface area contributed by atoms with Crippen LogP contribution in [0.3, 0.4) is 0 Å². The number of fused-ring (bicyclic) bond motifs is 1. The van der Waals surface area contributed by atoms with Crippen LogP contribution in [0.1, 0.15) is 27.8 Å². The standard InChI is InChI=1S/C13H9Cl2NO3/c1-2-19-13(18)10-5-8(6-17)16-12-9(10)3-7(14)4-11(12)15/h3-6H,2H2,1H3. The average Bonchev–Trinajstić information content (AvgIpc) is 2.38.